The predicted molar refractivity (Wildman–Crippen MR) is 61.7 cm³/mol. The van der Waals surface area contributed by atoms with Gasteiger partial charge in [-0.3, -0.25) is 4.79 Å². The highest BCUT2D eigenvalue weighted by Crippen LogP contribution is 2.28. The van der Waals surface area contributed by atoms with Gasteiger partial charge >= 0.3 is 0 Å². The molecule has 0 aromatic heterocycles. The van der Waals surface area contributed by atoms with Crippen LogP contribution in [0.2, 0.25) is 0 Å². The molecule has 1 aliphatic carbocycles. The van der Waals surface area contributed by atoms with Crippen LogP contribution in [0.25, 0.3) is 0 Å². The van der Waals surface area contributed by atoms with E-state index in [4.69, 9.17) is 0 Å². The summed E-state index contributed by atoms with van der Waals surface area (Å²) >= 11 is 0. The molecule has 2 rings (SSSR count). The van der Waals surface area contributed by atoms with Crippen LogP contribution in [0.5, 0.6) is 0 Å². The van der Waals surface area contributed by atoms with Crippen molar-refractivity contribution in [2.45, 2.75) is 39.5 Å². The standard InChI is InChI=1S/C13H23NO/c1-10-3-4-13(15)12(7-10)9-14-6-5-11(2)8-14/h10-12H,3-9H2,1-2H3. The number of rotatable bonds is 2. The van der Waals surface area contributed by atoms with Crippen LogP contribution < -0.4 is 0 Å². The van der Waals surface area contributed by atoms with E-state index >= 15 is 0 Å². The molecule has 1 aliphatic heterocycles. The van der Waals surface area contributed by atoms with Gasteiger partial charge in [-0.2, -0.15) is 0 Å². The molecule has 2 fully saturated rings. The predicted octanol–water partition coefficient (Wildman–Crippen LogP) is 2.33. The van der Waals surface area contributed by atoms with Crippen molar-refractivity contribution in [1.82, 2.24) is 4.90 Å². The van der Waals surface area contributed by atoms with E-state index in [1.165, 1.54) is 19.5 Å². The van der Waals surface area contributed by atoms with Crippen LogP contribution in [-0.2, 0) is 4.79 Å². The molecule has 86 valence electrons. The smallest absolute Gasteiger partial charge is 0.137 e. The molecule has 15 heavy (non-hydrogen) atoms. The summed E-state index contributed by atoms with van der Waals surface area (Å²) in [5.74, 6) is 2.46. The van der Waals surface area contributed by atoms with E-state index in [9.17, 15) is 4.79 Å². The summed E-state index contributed by atoms with van der Waals surface area (Å²) in [5, 5.41) is 0. The van der Waals surface area contributed by atoms with Gasteiger partial charge in [0, 0.05) is 25.4 Å². The molecule has 0 aromatic rings. The number of hydrogen-bond donors (Lipinski definition) is 0. The number of carbonyl (C=O) groups is 1. The van der Waals surface area contributed by atoms with Crippen LogP contribution in [0.1, 0.15) is 39.5 Å². The molecule has 3 atom stereocenters. The maximum Gasteiger partial charge on any atom is 0.137 e. The van der Waals surface area contributed by atoms with E-state index in [1.54, 1.807) is 0 Å². The summed E-state index contributed by atoms with van der Waals surface area (Å²) in [6.07, 6.45) is 4.39. The van der Waals surface area contributed by atoms with Crippen LogP contribution in [-0.4, -0.2) is 30.3 Å². The number of hydrogen-bond acceptors (Lipinski definition) is 2. The molecular weight excluding hydrogens is 186 g/mol. The lowest BCUT2D eigenvalue weighted by Crippen LogP contribution is -2.35. The van der Waals surface area contributed by atoms with Crippen molar-refractivity contribution in [2.24, 2.45) is 17.8 Å². The van der Waals surface area contributed by atoms with Gasteiger partial charge in [-0.05, 0) is 37.6 Å². The molecule has 0 N–H and O–H groups in total. The molecule has 0 aromatic carbocycles. The van der Waals surface area contributed by atoms with Crippen LogP contribution in [0, 0.1) is 17.8 Å². The van der Waals surface area contributed by atoms with Crippen LogP contribution in [0.3, 0.4) is 0 Å². The Morgan fingerprint density at radius 3 is 2.73 bits per heavy atom. The first-order valence-corrected chi connectivity index (χ1v) is 6.40. The first-order valence-electron chi connectivity index (χ1n) is 6.40. The zero-order valence-corrected chi connectivity index (χ0v) is 10.0. The Bertz CT molecular complexity index is 239. The molecule has 0 amide bonds. The molecule has 1 saturated heterocycles. The van der Waals surface area contributed by atoms with E-state index in [-0.39, 0.29) is 0 Å². The molecule has 0 bridgehead atoms. The van der Waals surface area contributed by atoms with Crippen molar-refractivity contribution in [2.75, 3.05) is 19.6 Å². The van der Waals surface area contributed by atoms with E-state index in [0.29, 0.717) is 11.7 Å². The Hall–Kier alpha value is -0.370. The highest BCUT2D eigenvalue weighted by atomic mass is 16.1. The Morgan fingerprint density at radius 1 is 1.27 bits per heavy atom. The monoisotopic (exact) mass is 209 g/mol. The highest BCUT2D eigenvalue weighted by Gasteiger charge is 2.29. The first-order chi connectivity index (χ1) is 7.15. The molecule has 0 radical (unpaired) electrons. The van der Waals surface area contributed by atoms with Crippen LogP contribution in [0.4, 0.5) is 0 Å². The van der Waals surface area contributed by atoms with Gasteiger partial charge in [0.05, 0.1) is 0 Å². The fraction of sp³-hybridized carbons (Fsp3) is 0.923. The van der Waals surface area contributed by atoms with Gasteiger partial charge < -0.3 is 4.90 Å². The number of ketones is 1. The summed E-state index contributed by atoms with van der Waals surface area (Å²) in [6.45, 7) is 8.04. The summed E-state index contributed by atoms with van der Waals surface area (Å²) in [7, 11) is 0. The third-order valence-electron chi connectivity index (χ3n) is 4.01. The molecule has 1 saturated carbocycles. The Morgan fingerprint density at radius 2 is 2.07 bits per heavy atom. The fourth-order valence-corrected chi connectivity index (χ4v) is 3.01. The zero-order valence-electron chi connectivity index (χ0n) is 10.0. The maximum atomic E-state index is 11.8. The Kier molecular flexibility index (Phi) is 3.45. The van der Waals surface area contributed by atoms with Gasteiger partial charge in [0.25, 0.3) is 0 Å². The van der Waals surface area contributed by atoms with E-state index in [1.807, 2.05) is 0 Å². The molecule has 2 aliphatic rings. The molecule has 3 unspecified atom stereocenters. The first kappa shape index (κ1) is 11.1. The van der Waals surface area contributed by atoms with Gasteiger partial charge in [-0.15, -0.1) is 0 Å². The average Bonchev–Trinajstić information content (AvgIpc) is 2.58. The van der Waals surface area contributed by atoms with Gasteiger partial charge in [-0.1, -0.05) is 13.8 Å². The summed E-state index contributed by atoms with van der Waals surface area (Å²) in [4.78, 5) is 14.3. The number of likely N-dealkylation sites (tertiary alicyclic amines) is 1. The number of Topliss-reactive ketones (excluding diaryl/α,β-unsaturated/α-hetero) is 1. The lowest BCUT2D eigenvalue weighted by Gasteiger charge is -2.29. The minimum Gasteiger partial charge on any atom is -0.302 e. The van der Waals surface area contributed by atoms with Crippen LogP contribution in [0.15, 0.2) is 0 Å². The molecular formula is C13H23NO. The topological polar surface area (TPSA) is 20.3 Å². The number of carbonyl (C=O) groups excluding carboxylic acids is 1. The maximum absolute atomic E-state index is 11.8. The lowest BCUT2D eigenvalue weighted by atomic mass is 9.81. The largest absolute Gasteiger partial charge is 0.302 e. The lowest BCUT2D eigenvalue weighted by molar-refractivity contribution is -0.126. The Balaban J connectivity index is 1.84. The Labute approximate surface area is 93.0 Å². The number of nitrogens with zero attached hydrogens (tertiary/aromatic N) is 1. The van der Waals surface area contributed by atoms with E-state index in [0.717, 1.165) is 37.6 Å². The second-order valence-corrected chi connectivity index (χ2v) is 5.70. The second-order valence-electron chi connectivity index (χ2n) is 5.70. The minimum absolute atomic E-state index is 0.346. The molecule has 2 nitrogen and oxygen atoms in total. The molecule has 0 spiro atoms. The van der Waals surface area contributed by atoms with Crippen molar-refractivity contribution in [1.29, 1.82) is 0 Å². The summed E-state index contributed by atoms with van der Waals surface area (Å²) in [6, 6.07) is 0. The average molecular weight is 209 g/mol. The third kappa shape index (κ3) is 2.81. The third-order valence-corrected chi connectivity index (χ3v) is 4.01. The fourth-order valence-electron chi connectivity index (χ4n) is 3.01. The quantitative estimate of drug-likeness (QED) is 0.695. The van der Waals surface area contributed by atoms with Crippen molar-refractivity contribution in [3.05, 3.63) is 0 Å². The van der Waals surface area contributed by atoms with Gasteiger partial charge in [0.1, 0.15) is 5.78 Å². The van der Waals surface area contributed by atoms with Crippen molar-refractivity contribution >= 4 is 5.78 Å². The van der Waals surface area contributed by atoms with E-state index in [2.05, 4.69) is 18.7 Å². The van der Waals surface area contributed by atoms with Gasteiger partial charge in [0.2, 0.25) is 0 Å². The van der Waals surface area contributed by atoms with Crippen molar-refractivity contribution in [3.8, 4) is 0 Å². The van der Waals surface area contributed by atoms with Crippen molar-refractivity contribution < 1.29 is 4.79 Å². The zero-order chi connectivity index (χ0) is 10.8. The minimum atomic E-state index is 0.346. The SMILES string of the molecule is CC1CCC(=O)C(CN2CCC(C)C2)C1. The molecule has 1 heterocycles. The second kappa shape index (κ2) is 4.65. The summed E-state index contributed by atoms with van der Waals surface area (Å²) in [5.41, 5.74) is 0. The van der Waals surface area contributed by atoms with Crippen molar-refractivity contribution in [3.63, 3.8) is 0 Å². The normalized spacial score (nSPS) is 38.5. The van der Waals surface area contributed by atoms with Gasteiger partial charge in [-0.25, -0.2) is 0 Å². The summed E-state index contributed by atoms with van der Waals surface area (Å²) < 4.78 is 0. The van der Waals surface area contributed by atoms with E-state index < -0.39 is 0 Å². The highest BCUT2D eigenvalue weighted by molar-refractivity contribution is 5.81. The molecule has 2 heteroatoms. The van der Waals surface area contributed by atoms with Gasteiger partial charge in [0.15, 0.2) is 0 Å². The van der Waals surface area contributed by atoms with Crippen LogP contribution >= 0.6 is 0 Å².